The van der Waals surface area contributed by atoms with Gasteiger partial charge in [-0.05, 0) is 38.9 Å². The molecular formula is C13H18ClN3O. The van der Waals surface area contributed by atoms with Crippen molar-refractivity contribution < 1.29 is 4.79 Å². The summed E-state index contributed by atoms with van der Waals surface area (Å²) in [6, 6.07) is 1.71. The van der Waals surface area contributed by atoms with Crippen LogP contribution in [0, 0.1) is 6.92 Å². The largest absolute Gasteiger partial charge is 0.351 e. The summed E-state index contributed by atoms with van der Waals surface area (Å²) in [4.78, 5) is 18.3. The van der Waals surface area contributed by atoms with Crippen molar-refractivity contribution in [3.05, 3.63) is 28.5 Å². The Balaban J connectivity index is 1.83. The Hall–Kier alpha value is -1.13. The number of halogens is 1. The second-order valence-electron chi connectivity index (χ2n) is 4.61. The lowest BCUT2D eigenvalue weighted by Gasteiger charge is -2.14. The lowest BCUT2D eigenvalue weighted by atomic mass is 10.2. The molecule has 0 saturated carbocycles. The van der Waals surface area contributed by atoms with Gasteiger partial charge in [-0.15, -0.1) is 0 Å². The number of carbonyl (C=O) groups is 1. The molecule has 0 radical (unpaired) electrons. The minimum atomic E-state index is -0.147. The number of carbonyl (C=O) groups excluding carboxylic acids is 1. The third kappa shape index (κ3) is 3.43. The highest BCUT2D eigenvalue weighted by atomic mass is 35.5. The van der Waals surface area contributed by atoms with Crippen molar-refractivity contribution >= 4 is 17.5 Å². The van der Waals surface area contributed by atoms with E-state index in [0.29, 0.717) is 17.1 Å². The van der Waals surface area contributed by atoms with Gasteiger partial charge in [0.15, 0.2) is 0 Å². The predicted molar refractivity (Wildman–Crippen MR) is 72.0 cm³/mol. The van der Waals surface area contributed by atoms with Gasteiger partial charge in [0.2, 0.25) is 0 Å². The van der Waals surface area contributed by atoms with Crippen molar-refractivity contribution in [2.75, 3.05) is 26.2 Å². The first-order valence-corrected chi connectivity index (χ1v) is 6.67. The fourth-order valence-electron chi connectivity index (χ4n) is 2.12. The summed E-state index contributed by atoms with van der Waals surface area (Å²) >= 11 is 6.02. The Kier molecular flexibility index (Phi) is 4.55. The molecule has 0 atom stereocenters. The van der Waals surface area contributed by atoms with Gasteiger partial charge in [0.25, 0.3) is 5.91 Å². The average molecular weight is 268 g/mol. The molecule has 0 bridgehead atoms. The average Bonchev–Trinajstić information content (AvgIpc) is 2.81. The Bertz CT molecular complexity index is 430. The maximum atomic E-state index is 11.9. The van der Waals surface area contributed by atoms with E-state index < -0.39 is 0 Å². The lowest BCUT2D eigenvalue weighted by molar-refractivity contribution is 0.0949. The number of pyridine rings is 1. The van der Waals surface area contributed by atoms with Crippen molar-refractivity contribution in [2.45, 2.75) is 19.8 Å². The summed E-state index contributed by atoms with van der Waals surface area (Å²) in [5.74, 6) is -0.147. The maximum Gasteiger partial charge on any atom is 0.254 e. The smallest absolute Gasteiger partial charge is 0.254 e. The van der Waals surface area contributed by atoms with E-state index in [1.54, 1.807) is 6.07 Å². The standard InChI is InChI=1S/C13H18ClN3O/c1-10-8-12(14)11(9-16-10)13(18)15-4-7-17-5-2-3-6-17/h8-9H,2-7H2,1H3,(H,15,18). The fraction of sp³-hybridized carbons (Fsp3) is 0.538. The Morgan fingerprint density at radius 2 is 2.22 bits per heavy atom. The minimum Gasteiger partial charge on any atom is -0.351 e. The van der Waals surface area contributed by atoms with Crippen LogP contribution in [0.4, 0.5) is 0 Å². The first kappa shape index (κ1) is 13.3. The van der Waals surface area contributed by atoms with Gasteiger partial charge in [-0.1, -0.05) is 11.6 Å². The molecule has 0 aromatic carbocycles. The van der Waals surface area contributed by atoms with Gasteiger partial charge in [-0.2, -0.15) is 0 Å². The van der Waals surface area contributed by atoms with Crippen LogP contribution in [0.25, 0.3) is 0 Å². The molecule has 0 spiro atoms. The Morgan fingerprint density at radius 1 is 1.50 bits per heavy atom. The molecule has 2 heterocycles. The summed E-state index contributed by atoms with van der Waals surface area (Å²) in [6.07, 6.45) is 4.06. The molecule has 18 heavy (non-hydrogen) atoms. The van der Waals surface area contributed by atoms with Crippen LogP contribution in [0.5, 0.6) is 0 Å². The van der Waals surface area contributed by atoms with Crippen LogP contribution >= 0.6 is 11.6 Å². The van der Waals surface area contributed by atoms with E-state index in [1.165, 1.54) is 19.0 Å². The summed E-state index contributed by atoms with van der Waals surface area (Å²) in [5.41, 5.74) is 1.26. The van der Waals surface area contributed by atoms with Gasteiger partial charge in [-0.3, -0.25) is 9.78 Å². The van der Waals surface area contributed by atoms with Crippen LogP contribution < -0.4 is 5.32 Å². The van der Waals surface area contributed by atoms with Crippen molar-refractivity contribution in [3.8, 4) is 0 Å². The zero-order valence-electron chi connectivity index (χ0n) is 10.6. The molecule has 1 fully saturated rings. The Morgan fingerprint density at radius 3 is 2.89 bits per heavy atom. The molecule has 1 N–H and O–H groups in total. The van der Waals surface area contributed by atoms with E-state index in [1.807, 2.05) is 6.92 Å². The van der Waals surface area contributed by atoms with Crippen LogP contribution in [-0.4, -0.2) is 42.0 Å². The van der Waals surface area contributed by atoms with Crippen molar-refractivity contribution in [1.82, 2.24) is 15.2 Å². The van der Waals surface area contributed by atoms with E-state index in [-0.39, 0.29) is 5.91 Å². The molecule has 2 rings (SSSR count). The predicted octanol–water partition coefficient (Wildman–Crippen LogP) is 1.87. The zero-order chi connectivity index (χ0) is 13.0. The summed E-state index contributed by atoms with van der Waals surface area (Å²) in [5, 5.41) is 3.34. The van der Waals surface area contributed by atoms with E-state index in [2.05, 4.69) is 15.2 Å². The third-order valence-electron chi connectivity index (χ3n) is 3.15. The number of rotatable bonds is 4. The molecule has 1 aromatic heterocycles. The first-order chi connectivity index (χ1) is 8.66. The molecule has 0 aliphatic carbocycles. The number of nitrogens with zero attached hydrogens (tertiary/aromatic N) is 2. The highest BCUT2D eigenvalue weighted by Crippen LogP contribution is 2.15. The van der Waals surface area contributed by atoms with E-state index >= 15 is 0 Å². The van der Waals surface area contributed by atoms with E-state index in [4.69, 9.17) is 11.6 Å². The number of hydrogen-bond donors (Lipinski definition) is 1. The van der Waals surface area contributed by atoms with Crippen molar-refractivity contribution in [1.29, 1.82) is 0 Å². The quantitative estimate of drug-likeness (QED) is 0.906. The van der Waals surface area contributed by atoms with Crippen molar-refractivity contribution in [3.63, 3.8) is 0 Å². The first-order valence-electron chi connectivity index (χ1n) is 6.29. The van der Waals surface area contributed by atoms with Crippen molar-refractivity contribution in [2.24, 2.45) is 0 Å². The van der Waals surface area contributed by atoms with Gasteiger partial charge in [0.05, 0.1) is 10.6 Å². The lowest BCUT2D eigenvalue weighted by Crippen LogP contribution is -2.33. The van der Waals surface area contributed by atoms with Gasteiger partial charge in [0, 0.05) is 25.0 Å². The fourth-order valence-corrected chi connectivity index (χ4v) is 2.42. The molecule has 1 aromatic rings. The van der Waals surface area contributed by atoms with Gasteiger partial charge in [0.1, 0.15) is 0 Å². The number of hydrogen-bond acceptors (Lipinski definition) is 3. The highest BCUT2D eigenvalue weighted by Gasteiger charge is 2.13. The van der Waals surface area contributed by atoms with Crippen LogP contribution in [-0.2, 0) is 0 Å². The topological polar surface area (TPSA) is 45.2 Å². The third-order valence-corrected chi connectivity index (χ3v) is 3.46. The van der Waals surface area contributed by atoms with Crippen LogP contribution in [0.3, 0.4) is 0 Å². The number of aryl methyl sites for hydroxylation is 1. The van der Waals surface area contributed by atoms with Crippen LogP contribution in [0.15, 0.2) is 12.3 Å². The number of likely N-dealkylation sites (tertiary alicyclic amines) is 1. The monoisotopic (exact) mass is 267 g/mol. The minimum absolute atomic E-state index is 0.147. The van der Waals surface area contributed by atoms with Crippen LogP contribution in [0.1, 0.15) is 28.9 Å². The molecule has 5 heteroatoms. The number of amides is 1. The molecular weight excluding hydrogens is 250 g/mol. The van der Waals surface area contributed by atoms with Crippen LogP contribution in [0.2, 0.25) is 5.02 Å². The summed E-state index contributed by atoms with van der Waals surface area (Å²) in [7, 11) is 0. The molecule has 4 nitrogen and oxygen atoms in total. The van der Waals surface area contributed by atoms with Gasteiger partial charge in [-0.25, -0.2) is 0 Å². The molecule has 0 unspecified atom stereocenters. The molecule has 1 aliphatic rings. The maximum absolute atomic E-state index is 11.9. The molecule has 1 saturated heterocycles. The normalized spacial score (nSPS) is 15.9. The molecule has 1 aliphatic heterocycles. The van der Waals surface area contributed by atoms with Gasteiger partial charge >= 0.3 is 0 Å². The Labute approximate surface area is 112 Å². The second-order valence-corrected chi connectivity index (χ2v) is 5.02. The molecule has 98 valence electrons. The second kappa shape index (κ2) is 6.16. The summed E-state index contributed by atoms with van der Waals surface area (Å²) in [6.45, 7) is 5.69. The van der Waals surface area contributed by atoms with E-state index in [0.717, 1.165) is 25.3 Å². The number of nitrogens with one attached hydrogen (secondary N) is 1. The van der Waals surface area contributed by atoms with E-state index in [9.17, 15) is 4.79 Å². The van der Waals surface area contributed by atoms with Gasteiger partial charge < -0.3 is 10.2 Å². The SMILES string of the molecule is Cc1cc(Cl)c(C(=O)NCCN2CCCC2)cn1. The highest BCUT2D eigenvalue weighted by molar-refractivity contribution is 6.33. The number of aromatic nitrogens is 1. The summed E-state index contributed by atoms with van der Waals surface area (Å²) < 4.78 is 0. The molecule has 1 amide bonds. The zero-order valence-corrected chi connectivity index (χ0v) is 11.3.